The van der Waals surface area contributed by atoms with Crippen molar-refractivity contribution in [2.75, 3.05) is 5.84 Å². The van der Waals surface area contributed by atoms with Gasteiger partial charge >= 0.3 is 0 Å². The zero-order valence-corrected chi connectivity index (χ0v) is 15.8. The number of benzene rings is 2. The lowest BCUT2D eigenvalue weighted by Gasteiger charge is -2.09. The molecule has 4 rings (SSSR count). The van der Waals surface area contributed by atoms with E-state index >= 15 is 0 Å². The molecule has 0 aliphatic heterocycles. The van der Waals surface area contributed by atoms with Crippen molar-refractivity contribution in [2.24, 2.45) is 0 Å². The van der Waals surface area contributed by atoms with Crippen molar-refractivity contribution in [1.29, 1.82) is 0 Å². The number of thiophene rings is 1. The number of aromatic nitrogens is 2. The van der Waals surface area contributed by atoms with Crippen molar-refractivity contribution in [3.05, 3.63) is 81.5 Å². The van der Waals surface area contributed by atoms with E-state index in [4.69, 9.17) is 5.84 Å². The Hall–Kier alpha value is -2.57. The number of nitrogen functional groups attached to an aromatic ring is 1. The molecule has 0 bridgehead atoms. The van der Waals surface area contributed by atoms with Crippen molar-refractivity contribution >= 4 is 33.3 Å². The predicted octanol–water partition coefficient (Wildman–Crippen LogP) is 4.44. The van der Waals surface area contributed by atoms with Crippen LogP contribution in [0.25, 0.3) is 21.3 Å². The van der Waals surface area contributed by atoms with Gasteiger partial charge in [-0.2, -0.15) is 0 Å². The van der Waals surface area contributed by atoms with E-state index < -0.39 is 0 Å². The van der Waals surface area contributed by atoms with Gasteiger partial charge in [-0.05, 0) is 23.6 Å². The largest absolute Gasteiger partial charge is 0.334 e. The molecule has 0 saturated carbocycles. The van der Waals surface area contributed by atoms with E-state index in [9.17, 15) is 4.79 Å². The van der Waals surface area contributed by atoms with Crippen molar-refractivity contribution in [2.45, 2.75) is 17.8 Å². The number of fused-ring (bicyclic) bond motifs is 1. The summed E-state index contributed by atoms with van der Waals surface area (Å²) in [5.41, 5.74) is 4.11. The Kier molecular flexibility index (Phi) is 4.53. The number of hydrogen-bond donors (Lipinski definition) is 1. The van der Waals surface area contributed by atoms with Gasteiger partial charge in [0.2, 0.25) is 0 Å². The van der Waals surface area contributed by atoms with Crippen molar-refractivity contribution in [3.8, 4) is 11.1 Å². The molecule has 0 unspecified atom stereocenters. The number of nitrogens with zero attached hydrogens (tertiary/aromatic N) is 2. The second-order valence-electron chi connectivity index (χ2n) is 5.98. The predicted molar refractivity (Wildman–Crippen MR) is 110 cm³/mol. The third-order valence-electron chi connectivity index (χ3n) is 4.31. The normalized spacial score (nSPS) is 11.1. The van der Waals surface area contributed by atoms with Crippen molar-refractivity contribution < 1.29 is 0 Å². The molecule has 130 valence electrons. The second kappa shape index (κ2) is 6.97. The summed E-state index contributed by atoms with van der Waals surface area (Å²) in [7, 11) is 0. The van der Waals surface area contributed by atoms with E-state index in [2.05, 4.69) is 24.0 Å². The minimum absolute atomic E-state index is 0.206. The lowest BCUT2D eigenvalue weighted by molar-refractivity contribution is 0.782. The highest BCUT2D eigenvalue weighted by Crippen LogP contribution is 2.32. The summed E-state index contributed by atoms with van der Waals surface area (Å²) in [5, 5.41) is 3.10. The van der Waals surface area contributed by atoms with Crippen LogP contribution in [0.15, 0.2) is 69.9 Å². The molecule has 0 atom stereocenters. The summed E-state index contributed by atoms with van der Waals surface area (Å²) < 4.78 is 1.17. The molecule has 0 radical (unpaired) electrons. The van der Waals surface area contributed by atoms with Crippen LogP contribution in [0.5, 0.6) is 0 Å². The van der Waals surface area contributed by atoms with Crippen LogP contribution in [0.2, 0.25) is 0 Å². The Morgan fingerprint density at radius 2 is 1.85 bits per heavy atom. The summed E-state index contributed by atoms with van der Waals surface area (Å²) in [4.78, 5) is 18.2. The first-order valence-corrected chi connectivity index (χ1v) is 10.0. The fourth-order valence-electron chi connectivity index (χ4n) is 2.83. The molecule has 2 N–H and O–H groups in total. The number of nitrogens with two attached hydrogens (primary N) is 1. The smallest absolute Gasteiger partial charge is 0.282 e. The Bertz CT molecular complexity index is 1130. The van der Waals surface area contributed by atoms with Crippen molar-refractivity contribution in [3.63, 3.8) is 0 Å². The van der Waals surface area contributed by atoms with E-state index in [1.54, 1.807) is 0 Å². The molecule has 4 nitrogen and oxygen atoms in total. The first-order valence-electron chi connectivity index (χ1n) is 8.17. The Morgan fingerprint density at radius 3 is 2.62 bits per heavy atom. The first kappa shape index (κ1) is 16.9. The molecular weight excluding hydrogens is 362 g/mol. The zero-order valence-electron chi connectivity index (χ0n) is 14.2. The minimum atomic E-state index is -0.206. The first-order chi connectivity index (χ1) is 12.6. The standard InChI is InChI=1S/C20H17N3OS2/c1-13-7-5-6-10-15(13)11-26-20-22-18-17(19(24)23(20)21)16(12-25-18)14-8-3-2-4-9-14/h2-10,12H,11,21H2,1H3. The molecule has 0 aliphatic carbocycles. The molecule has 0 saturated heterocycles. The van der Waals surface area contributed by atoms with Crippen LogP contribution in [0, 0.1) is 6.92 Å². The lowest BCUT2D eigenvalue weighted by Crippen LogP contribution is -2.29. The Morgan fingerprint density at radius 1 is 1.12 bits per heavy atom. The van der Waals surface area contributed by atoms with Gasteiger partial charge in [0, 0.05) is 16.7 Å². The van der Waals surface area contributed by atoms with Gasteiger partial charge < -0.3 is 5.84 Å². The van der Waals surface area contributed by atoms with Gasteiger partial charge in [-0.1, -0.05) is 66.4 Å². The Balaban J connectivity index is 1.74. The third-order valence-corrected chi connectivity index (χ3v) is 6.18. The third kappa shape index (κ3) is 3.02. The van der Waals surface area contributed by atoms with Crippen LogP contribution in [-0.2, 0) is 5.75 Å². The average Bonchev–Trinajstić information content (AvgIpc) is 3.09. The molecule has 2 aromatic carbocycles. The molecule has 6 heteroatoms. The van der Waals surface area contributed by atoms with Crippen LogP contribution in [0.3, 0.4) is 0 Å². The monoisotopic (exact) mass is 379 g/mol. The van der Waals surface area contributed by atoms with Gasteiger partial charge in [0.25, 0.3) is 5.56 Å². The maximum Gasteiger partial charge on any atom is 0.282 e. The average molecular weight is 380 g/mol. The summed E-state index contributed by atoms with van der Waals surface area (Å²) >= 11 is 2.96. The van der Waals surface area contributed by atoms with Crippen LogP contribution in [0.1, 0.15) is 11.1 Å². The quantitative estimate of drug-likeness (QED) is 0.323. The van der Waals surface area contributed by atoms with E-state index in [1.165, 1.54) is 38.9 Å². The highest BCUT2D eigenvalue weighted by atomic mass is 32.2. The van der Waals surface area contributed by atoms with Crippen LogP contribution in [0.4, 0.5) is 0 Å². The molecule has 0 fully saturated rings. The minimum Gasteiger partial charge on any atom is -0.334 e. The Labute approximate surface area is 159 Å². The van der Waals surface area contributed by atoms with E-state index in [0.29, 0.717) is 10.5 Å². The zero-order chi connectivity index (χ0) is 18.1. The molecular formula is C20H17N3OS2. The SMILES string of the molecule is Cc1ccccc1CSc1nc2scc(-c3ccccc3)c2c(=O)n1N. The van der Waals surface area contributed by atoms with Gasteiger partial charge in [0.1, 0.15) is 4.83 Å². The molecule has 0 spiro atoms. The molecule has 0 amide bonds. The van der Waals surface area contributed by atoms with Crippen LogP contribution < -0.4 is 11.4 Å². The molecule has 26 heavy (non-hydrogen) atoms. The number of rotatable bonds is 4. The maximum absolute atomic E-state index is 12.9. The maximum atomic E-state index is 12.9. The number of thioether (sulfide) groups is 1. The van der Waals surface area contributed by atoms with Crippen LogP contribution in [-0.4, -0.2) is 9.66 Å². The lowest BCUT2D eigenvalue weighted by atomic mass is 10.1. The number of hydrogen-bond acceptors (Lipinski definition) is 5. The fraction of sp³-hybridized carbons (Fsp3) is 0.100. The van der Waals surface area contributed by atoms with Gasteiger partial charge in [-0.15, -0.1) is 11.3 Å². The van der Waals surface area contributed by atoms with E-state index in [-0.39, 0.29) is 5.56 Å². The van der Waals surface area contributed by atoms with E-state index in [0.717, 1.165) is 21.7 Å². The highest BCUT2D eigenvalue weighted by molar-refractivity contribution is 7.98. The fourth-order valence-corrected chi connectivity index (χ4v) is 4.81. The van der Waals surface area contributed by atoms with E-state index in [1.807, 2.05) is 47.8 Å². The highest BCUT2D eigenvalue weighted by Gasteiger charge is 2.16. The van der Waals surface area contributed by atoms with Crippen LogP contribution >= 0.6 is 23.1 Å². The van der Waals surface area contributed by atoms with Gasteiger partial charge in [-0.3, -0.25) is 4.79 Å². The molecule has 2 aromatic heterocycles. The summed E-state index contributed by atoms with van der Waals surface area (Å²) in [6.07, 6.45) is 0. The van der Waals surface area contributed by atoms with Gasteiger partial charge in [0.05, 0.1) is 5.39 Å². The second-order valence-corrected chi connectivity index (χ2v) is 7.78. The number of aryl methyl sites for hydroxylation is 1. The van der Waals surface area contributed by atoms with Gasteiger partial charge in [-0.25, -0.2) is 9.66 Å². The summed E-state index contributed by atoms with van der Waals surface area (Å²) in [6, 6.07) is 18.0. The summed E-state index contributed by atoms with van der Waals surface area (Å²) in [6.45, 7) is 2.08. The summed E-state index contributed by atoms with van der Waals surface area (Å²) in [5.74, 6) is 6.80. The van der Waals surface area contributed by atoms with Gasteiger partial charge in [0.15, 0.2) is 5.16 Å². The topological polar surface area (TPSA) is 60.9 Å². The van der Waals surface area contributed by atoms with Crippen molar-refractivity contribution in [1.82, 2.24) is 9.66 Å². The molecule has 0 aliphatic rings. The molecule has 4 aromatic rings. The molecule has 2 heterocycles.